The monoisotopic (exact) mass is 337 g/mol. The zero-order valence-corrected chi connectivity index (χ0v) is 14.2. The fourth-order valence-corrected chi connectivity index (χ4v) is 4.05. The van der Waals surface area contributed by atoms with E-state index in [-0.39, 0.29) is 11.9 Å². The van der Waals surface area contributed by atoms with E-state index in [2.05, 4.69) is 20.9 Å². The third kappa shape index (κ3) is 3.49. The first kappa shape index (κ1) is 16.0. The molecule has 0 unspecified atom stereocenters. The van der Waals surface area contributed by atoms with E-state index < -0.39 is 0 Å². The first-order valence-electron chi connectivity index (χ1n) is 8.83. The van der Waals surface area contributed by atoms with Crippen LogP contribution in [0, 0.1) is 5.92 Å². The van der Waals surface area contributed by atoms with Crippen molar-refractivity contribution < 1.29 is 4.79 Å². The molecular formula is C19H23N5O. The van der Waals surface area contributed by atoms with Gasteiger partial charge in [-0.3, -0.25) is 14.7 Å². The van der Waals surface area contributed by atoms with Gasteiger partial charge >= 0.3 is 0 Å². The minimum absolute atomic E-state index is 0.0760. The van der Waals surface area contributed by atoms with Crippen LogP contribution in [0.3, 0.4) is 0 Å². The maximum atomic E-state index is 13.0. The molecule has 2 aromatic rings. The van der Waals surface area contributed by atoms with Crippen LogP contribution in [0.4, 0.5) is 5.82 Å². The molecule has 0 aliphatic carbocycles. The number of aromatic nitrogens is 2. The molecule has 0 spiro atoms. The Balaban J connectivity index is 1.50. The average Bonchev–Trinajstić information content (AvgIpc) is 2.92. The summed E-state index contributed by atoms with van der Waals surface area (Å²) < 4.78 is 0. The van der Waals surface area contributed by atoms with Gasteiger partial charge in [0, 0.05) is 56.4 Å². The van der Waals surface area contributed by atoms with E-state index in [1.165, 1.54) is 12.0 Å². The first-order chi connectivity index (χ1) is 12.2. The lowest BCUT2D eigenvalue weighted by Crippen LogP contribution is -2.47. The summed E-state index contributed by atoms with van der Waals surface area (Å²) in [6.45, 7) is 3.67. The summed E-state index contributed by atoms with van der Waals surface area (Å²) in [6, 6.07) is 7.78. The molecule has 2 aromatic heterocycles. The molecule has 5 rings (SSSR count). The SMILES string of the molecule is Nc1cc(C(=O)N2C[C@H]3CC[C@@H]2CN(Cc2cccnc2)C3)ccn1. The molecule has 25 heavy (non-hydrogen) atoms. The summed E-state index contributed by atoms with van der Waals surface area (Å²) in [7, 11) is 0. The minimum atomic E-state index is 0.0760. The summed E-state index contributed by atoms with van der Waals surface area (Å²) >= 11 is 0. The van der Waals surface area contributed by atoms with E-state index in [1.807, 2.05) is 17.2 Å². The molecular weight excluding hydrogens is 314 g/mol. The molecule has 3 aliphatic heterocycles. The minimum Gasteiger partial charge on any atom is -0.384 e. The van der Waals surface area contributed by atoms with Gasteiger partial charge in [-0.15, -0.1) is 0 Å². The summed E-state index contributed by atoms with van der Waals surface area (Å²) in [5, 5.41) is 0. The number of piperidine rings is 1. The van der Waals surface area contributed by atoms with E-state index in [0.717, 1.165) is 32.6 Å². The number of nitrogens with two attached hydrogens (primary N) is 1. The number of amides is 1. The fraction of sp³-hybridized carbons (Fsp3) is 0.421. The Hall–Kier alpha value is -2.47. The van der Waals surface area contributed by atoms with Crippen LogP contribution in [-0.2, 0) is 6.54 Å². The highest BCUT2D eigenvalue weighted by Crippen LogP contribution is 2.30. The molecule has 6 heteroatoms. The molecule has 1 amide bonds. The molecule has 3 fully saturated rings. The van der Waals surface area contributed by atoms with Crippen LogP contribution in [0.2, 0.25) is 0 Å². The van der Waals surface area contributed by atoms with Gasteiger partial charge in [0.15, 0.2) is 0 Å². The number of fused-ring (bicyclic) bond motifs is 4. The largest absolute Gasteiger partial charge is 0.384 e. The number of carbonyl (C=O) groups is 1. The third-order valence-corrected chi connectivity index (χ3v) is 5.21. The lowest BCUT2D eigenvalue weighted by Gasteiger charge is -2.36. The Morgan fingerprint density at radius 1 is 1.20 bits per heavy atom. The van der Waals surface area contributed by atoms with Crippen LogP contribution < -0.4 is 5.73 Å². The molecule has 6 nitrogen and oxygen atoms in total. The molecule has 3 saturated heterocycles. The zero-order chi connectivity index (χ0) is 17.2. The second-order valence-electron chi connectivity index (χ2n) is 7.08. The maximum Gasteiger partial charge on any atom is 0.254 e. The molecule has 0 saturated carbocycles. The van der Waals surface area contributed by atoms with Gasteiger partial charge < -0.3 is 10.6 Å². The van der Waals surface area contributed by atoms with Crippen LogP contribution in [0.1, 0.15) is 28.8 Å². The Morgan fingerprint density at radius 3 is 2.92 bits per heavy atom. The van der Waals surface area contributed by atoms with Crippen LogP contribution >= 0.6 is 0 Å². The van der Waals surface area contributed by atoms with E-state index in [9.17, 15) is 4.79 Å². The highest BCUT2D eigenvalue weighted by atomic mass is 16.2. The number of rotatable bonds is 3. The highest BCUT2D eigenvalue weighted by molar-refractivity contribution is 5.95. The van der Waals surface area contributed by atoms with Crippen LogP contribution in [-0.4, -0.2) is 51.4 Å². The van der Waals surface area contributed by atoms with E-state index in [1.54, 1.807) is 24.5 Å². The van der Waals surface area contributed by atoms with Crippen molar-refractivity contribution in [3.05, 3.63) is 54.0 Å². The van der Waals surface area contributed by atoms with Gasteiger partial charge in [0.25, 0.3) is 5.91 Å². The smallest absolute Gasteiger partial charge is 0.254 e. The quantitative estimate of drug-likeness (QED) is 0.924. The summed E-state index contributed by atoms with van der Waals surface area (Å²) in [5.41, 5.74) is 7.61. The Morgan fingerprint density at radius 2 is 2.12 bits per heavy atom. The van der Waals surface area contributed by atoms with Crippen molar-refractivity contribution in [1.29, 1.82) is 0 Å². The molecule has 3 aliphatic rings. The Labute approximate surface area is 147 Å². The van der Waals surface area contributed by atoms with Crippen LogP contribution in [0.5, 0.6) is 0 Å². The lowest BCUT2D eigenvalue weighted by atomic mass is 9.94. The normalized spacial score (nSPS) is 23.4. The number of anilines is 1. The standard InChI is InChI=1S/C19H23N5O/c20-18-8-16(5-7-22-18)19(25)24-12-15-3-4-17(24)13-23(11-15)10-14-2-1-6-21-9-14/h1-2,5-9,15,17H,3-4,10-13H2,(H2,20,22)/t15-,17+/m0/s1. The van der Waals surface area contributed by atoms with Crippen LogP contribution in [0.15, 0.2) is 42.9 Å². The van der Waals surface area contributed by atoms with E-state index in [0.29, 0.717) is 17.3 Å². The molecule has 2 N–H and O–H groups in total. The van der Waals surface area contributed by atoms with E-state index >= 15 is 0 Å². The summed E-state index contributed by atoms with van der Waals surface area (Å²) in [4.78, 5) is 25.7. The number of pyridine rings is 2. The van der Waals surface area contributed by atoms with Gasteiger partial charge in [-0.2, -0.15) is 0 Å². The number of nitrogen functional groups attached to an aromatic ring is 1. The molecule has 5 heterocycles. The Kier molecular flexibility index (Phi) is 4.36. The maximum absolute atomic E-state index is 13.0. The van der Waals surface area contributed by atoms with Gasteiger partial charge in [-0.25, -0.2) is 4.98 Å². The Bertz CT molecular complexity index is 750. The second-order valence-corrected chi connectivity index (χ2v) is 7.08. The predicted octanol–water partition coefficient (Wildman–Crippen LogP) is 1.80. The molecule has 2 bridgehead atoms. The zero-order valence-electron chi connectivity index (χ0n) is 14.2. The lowest BCUT2D eigenvalue weighted by molar-refractivity contribution is 0.0585. The van der Waals surface area contributed by atoms with Crippen molar-refractivity contribution in [3.8, 4) is 0 Å². The number of hydrogen-bond donors (Lipinski definition) is 1. The third-order valence-electron chi connectivity index (χ3n) is 5.21. The molecule has 2 atom stereocenters. The van der Waals surface area contributed by atoms with Crippen molar-refractivity contribution in [1.82, 2.24) is 19.8 Å². The van der Waals surface area contributed by atoms with Gasteiger partial charge in [0.1, 0.15) is 5.82 Å². The number of hydrogen-bond acceptors (Lipinski definition) is 5. The summed E-state index contributed by atoms with van der Waals surface area (Å²) in [5.74, 6) is 0.995. The fourth-order valence-electron chi connectivity index (χ4n) is 4.05. The van der Waals surface area contributed by atoms with Gasteiger partial charge in [-0.1, -0.05) is 6.07 Å². The molecule has 130 valence electrons. The average molecular weight is 337 g/mol. The second kappa shape index (κ2) is 6.80. The van der Waals surface area contributed by atoms with Crippen molar-refractivity contribution in [2.24, 2.45) is 5.92 Å². The topological polar surface area (TPSA) is 75.4 Å². The number of carbonyl (C=O) groups excluding carboxylic acids is 1. The highest BCUT2D eigenvalue weighted by Gasteiger charge is 2.37. The predicted molar refractivity (Wildman–Crippen MR) is 95.7 cm³/mol. The van der Waals surface area contributed by atoms with Crippen molar-refractivity contribution >= 4 is 11.7 Å². The first-order valence-corrected chi connectivity index (χ1v) is 8.83. The van der Waals surface area contributed by atoms with Gasteiger partial charge in [0.2, 0.25) is 0 Å². The van der Waals surface area contributed by atoms with E-state index in [4.69, 9.17) is 5.73 Å². The van der Waals surface area contributed by atoms with Crippen LogP contribution in [0.25, 0.3) is 0 Å². The molecule has 0 aromatic carbocycles. The number of nitrogens with zero attached hydrogens (tertiary/aromatic N) is 4. The van der Waals surface area contributed by atoms with Crippen molar-refractivity contribution in [3.63, 3.8) is 0 Å². The van der Waals surface area contributed by atoms with Crippen molar-refractivity contribution in [2.45, 2.75) is 25.4 Å². The van der Waals surface area contributed by atoms with Gasteiger partial charge in [0.05, 0.1) is 0 Å². The molecule has 0 radical (unpaired) electrons. The summed E-state index contributed by atoms with van der Waals surface area (Å²) in [6.07, 6.45) is 7.59. The van der Waals surface area contributed by atoms with Gasteiger partial charge in [-0.05, 0) is 42.5 Å². The van der Waals surface area contributed by atoms with Crippen molar-refractivity contribution in [2.75, 3.05) is 25.4 Å².